The van der Waals surface area contributed by atoms with Crippen LogP contribution in [-0.2, 0) is 24.3 Å². The van der Waals surface area contributed by atoms with Crippen LogP contribution < -0.4 is 15.6 Å². The van der Waals surface area contributed by atoms with Gasteiger partial charge in [0.2, 0.25) is 5.91 Å². The van der Waals surface area contributed by atoms with Gasteiger partial charge in [0.1, 0.15) is 17.4 Å². The van der Waals surface area contributed by atoms with Gasteiger partial charge in [0.15, 0.2) is 5.16 Å². The van der Waals surface area contributed by atoms with E-state index in [0.717, 1.165) is 47.8 Å². The fourth-order valence-electron chi connectivity index (χ4n) is 3.60. The number of rotatable bonds is 7. The van der Waals surface area contributed by atoms with Crippen LogP contribution in [-0.4, -0.2) is 40.2 Å². The lowest BCUT2D eigenvalue weighted by molar-refractivity contribution is -0.113. The van der Waals surface area contributed by atoms with Gasteiger partial charge >= 0.3 is 0 Å². The second-order valence-corrected chi connectivity index (χ2v) is 8.53. The number of halogens is 2. The molecule has 10 heteroatoms. The number of aromatic amines is 1. The van der Waals surface area contributed by atoms with Crippen LogP contribution in [0.15, 0.2) is 52.4 Å². The minimum absolute atomic E-state index is 0.111. The van der Waals surface area contributed by atoms with Crippen molar-refractivity contribution in [3.8, 4) is 5.75 Å². The van der Waals surface area contributed by atoms with E-state index in [4.69, 9.17) is 4.74 Å². The molecule has 33 heavy (non-hydrogen) atoms. The zero-order chi connectivity index (χ0) is 23.4. The highest BCUT2D eigenvalue weighted by Crippen LogP contribution is 2.21. The molecule has 2 heterocycles. The van der Waals surface area contributed by atoms with Crippen LogP contribution in [0.1, 0.15) is 16.8 Å². The Balaban J connectivity index is 1.38. The number of aromatic nitrogens is 2. The summed E-state index contributed by atoms with van der Waals surface area (Å²) in [5, 5.41) is 2.64. The third-order valence-electron chi connectivity index (χ3n) is 5.21. The van der Waals surface area contributed by atoms with Crippen molar-refractivity contribution in [2.24, 2.45) is 0 Å². The number of ether oxygens (including phenoxy) is 1. The SMILES string of the molecule is COc1cccc(CN2CCc3nc(SCC(=O)Nc4cc(F)ccc4F)[nH]c(=O)c3C2)c1. The molecule has 3 aromatic rings. The molecule has 0 atom stereocenters. The molecular weight excluding hydrogens is 450 g/mol. The predicted octanol–water partition coefficient (Wildman–Crippen LogP) is 3.35. The maximum Gasteiger partial charge on any atom is 0.256 e. The average molecular weight is 473 g/mol. The first kappa shape index (κ1) is 22.9. The number of carbonyl (C=O) groups excluding carboxylic acids is 1. The molecule has 7 nitrogen and oxygen atoms in total. The molecule has 2 N–H and O–H groups in total. The molecule has 0 bridgehead atoms. The van der Waals surface area contributed by atoms with Crippen molar-refractivity contribution in [3.05, 3.63) is 81.3 Å². The van der Waals surface area contributed by atoms with Gasteiger partial charge in [-0.3, -0.25) is 14.5 Å². The van der Waals surface area contributed by atoms with E-state index in [2.05, 4.69) is 20.2 Å². The highest BCUT2D eigenvalue weighted by molar-refractivity contribution is 7.99. The maximum absolute atomic E-state index is 13.7. The summed E-state index contributed by atoms with van der Waals surface area (Å²) in [6.07, 6.45) is 0.609. The zero-order valence-electron chi connectivity index (χ0n) is 17.9. The molecule has 0 unspecified atom stereocenters. The Hall–Kier alpha value is -3.24. The summed E-state index contributed by atoms with van der Waals surface area (Å²) in [6, 6.07) is 10.6. The Kier molecular flexibility index (Phi) is 7.05. The zero-order valence-corrected chi connectivity index (χ0v) is 18.7. The number of thioether (sulfide) groups is 1. The molecule has 4 rings (SSSR count). The molecule has 1 aliphatic heterocycles. The lowest BCUT2D eigenvalue weighted by Crippen LogP contribution is -2.35. The number of benzene rings is 2. The van der Waals surface area contributed by atoms with Crippen LogP contribution in [0.4, 0.5) is 14.5 Å². The van der Waals surface area contributed by atoms with E-state index >= 15 is 0 Å². The molecule has 1 aromatic heterocycles. The van der Waals surface area contributed by atoms with Gasteiger partial charge in [-0.2, -0.15) is 0 Å². The van der Waals surface area contributed by atoms with Gasteiger partial charge in [0.05, 0.1) is 29.8 Å². The van der Waals surface area contributed by atoms with Gasteiger partial charge in [-0.1, -0.05) is 23.9 Å². The van der Waals surface area contributed by atoms with Crippen LogP contribution in [0.5, 0.6) is 5.75 Å². The van der Waals surface area contributed by atoms with E-state index in [-0.39, 0.29) is 17.0 Å². The number of nitrogens with zero attached hydrogens (tertiary/aromatic N) is 2. The van der Waals surface area contributed by atoms with Crippen LogP contribution in [0.2, 0.25) is 0 Å². The number of H-pyrrole nitrogens is 1. The number of nitrogens with one attached hydrogen (secondary N) is 2. The van der Waals surface area contributed by atoms with Crippen LogP contribution in [0.3, 0.4) is 0 Å². The molecule has 0 saturated heterocycles. The van der Waals surface area contributed by atoms with E-state index in [1.54, 1.807) is 7.11 Å². The van der Waals surface area contributed by atoms with Gasteiger partial charge in [0, 0.05) is 32.1 Å². The first-order chi connectivity index (χ1) is 15.9. The summed E-state index contributed by atoms with van der Waals surface area (Å²) < 4.78 is 32.2. The number of hydrogen-bond donors (Lipinski definition) is 2. The number of carbonyl (C=O) groups is 1. The fourth-order valence-corrected chi connectivity index (χ4v) is 4.28. The van der Waals surface area contributed by atoms with Crippen LogP contribution in [0, 0.1) is 11.6 Å². The number of anilines is 1. The Morgan fingerprint density at radius 2 is 2.12 bits per heavy atom. The van der Waals surface area contributed by atoms with Crippen molar-refractivity contribution in [1.82, 2.24) is 14.9 Å². The van der Waals surface area contributed by atoms with E-state index in [9.17, 15) is 18.4 Å². The van der Waals surface area contributed by atoms with Crippen molar-refractivity contribution in [1.29, 1.82) is 0 Å². The summed E-state index contributed by atoms with van der Waals surface area (Å²) in [5.41, 5.74) is 1.94. The fraction of sp³-hybridized carbons (Fsp3) is 0.261. The normalized spacial score (nSPS) is 13.4. The molecular formula is C23H22F2N4O3S. The second-order valence-electron chi connectivity index (χ2n) is 7.57. The number of hydrogen-bond acceptors (Lipinski definition) is 6. The average Bonchev–Trinajstić information content (AvgIpc) is 2.80. The molecule has 0 spiro atoms. The van der Waals surface area contributed by atoms with Crippen molar-refractivity contribution >= 4 is 23.4 Å². The third kappa shape index (κ3) is 5.77. The summed E-state index contributed by atoms with van der Waals surface area (Å²) >= 11 is 1.03. The highest BCUT2D eigenvalue weighted by atomic mass is 32.2. The summed E-state index contributed by atoms with van der Waals surface area (Å²) in [6.45, 7) is 1.90. The standard InChI is InChI=1S/C23H22F2N4O3S/c1-32-16-4-2-3-14(9-16)11-29-8-7-19-17(12-29)22(31)28-23(27-19)33-13-21(30)26-20-10-15(24)5-6-18(20)25/h2-6,9-10H,7-8,11-13H2,1H3,(H,26,30)(H,27,28,31). The van der Waals surface area contributed by atoms with E-state index < -0.39 is 17.5 Å². The van der Waals surface area contributed by atoms with E-state index in [0.29, 0.717) is 35.9 Å². The van der Waals surface area contributed by atoms with Gasteiger partial charge in [-0.25, -0.2) is 13.8 Å². The molecule has 0 radical (unpaired) electrons. The highest BCUT2D eigenvalue weighted by Gasteiger charge is 2.22. The third-order valence-corrected chi connectivity index (χ3v) is 6.08. The molecule has 0 aliphatic carbocycles. The summed E-state index contributed by atoms with van der Waals surface area (Å²) in [7, 11) is 1.63. The Labute approximate surface area is 193 Å². The first-order valence-corrected chi connectivity index (χ1v) is 11.2. The lowest BCUT2D eigenvalue weighted by Gasteiger charge is -2.27. The predicted molar refractivity (Wildman–Crippen MR) is 121 cm³/mol. The van der Waals surface area contributed by atoms with Crippen LogP contribution >= 0.6 is 11.8 Å². The number of fused-ring (bicyclic) bond motifs is 1. The molecule has 1 amide bonds. The lowest BCUT2D eigenvalue weighted by atomic mass is 10.1. The largest absolute Gasteiger partial charge is 0.497 e. The van der Waals surface area contributed by atoms with Crippen molar-refractivity contribution in [3.63, 3.8) is 0 Å². The number of amides is 1. The van der Waals surface area contributed by atoms with E-state index in [1.165, 1.54) is 0 Å². The quantitative estimate of drug-likeness (QED) is 0.405. The van der Waals surface area contributed by atoms with Crippen molar-refractivity contribution in [2.75, 3.05) is 24.7 Å². The minimum Gasteiger partial charge on any atom is -0.497 e. The molecule has 1 aliphatic rings. The number of methoxy groups -OCH3 is 1. The van der Waals surface area contributed by atoms with E-state index in [1.807, 2.05) is 24.3 Å². The Bertz CT molecular complexity index is 1230. The smallest absolute Gasteiger partial charge is 0.256 e. The topological polar surface area (TPSA) is 87.3 Å². The monoisotopic (exact) mass is 472 g/mol. The van der Waals surface area contributed by atoms with Crippen molar-refractivity contribution in [2.45, 2.75) is 24.7 Å². The minimum atomic E-state index is -0.728. The second kappa shape index (κ2) is 10.1. The van der Waals surface area contributed by atoms with Gasteiger partial charge in [-0.05, 0) is 29.8 Å². The first-order valence-electron chi connectivity index (χ1n) is 10.3. The maximum atomic E-state index is 13.7. The molecule has 172 valence electrons. The summed E-state index contributed by atoms with van der Waals surface area (Å²) in [4.78, 5) is 34.2. The van der Waals surface area contributed by atoms with Crippen LogP contribution in [0.25, 0.3) is 0 Å². The van der Waals surface area contributed by atoms with Gasteiger partial charge in [-0.15, -0.1) is 0 Å². The molecule has 0 fully saturated rings. The molecule has 2 aromatic carbocycles. The van der Waals surface area contributed by atoms with Crippen molar-refractivity contribution < 1.29 is 18.3 Å². The molecule has 0 saturated carbocycles. The Morgan fingerprint density at radius 1 is 1.27 bits per heavy atom. The van der Waals surface area contributed by atoms with Gasteiger partial charge in [0.25, 0.3) is 5.56 Å². The Morgan fingerprint density at radius 3 is 2.94 bits per heavy atom. The summed E-state index contributed by atoms with van der Waals surface area (Å²) in [5.74, 6) is -1.24. The van der Waals surface area contributed by atoms with Gasteiger partial charge < -0.3 is 15.0 Å².